The number of aromatic nitrogens is 4. The van der Waals surface area contributed by atoms with Gasteiger partial charge < -0.3 is 9.47 Å². The molecule has 2 aromatic rings. The van der Waals surface area contributed by atoms with E-state index in [4.69, 9.17) is 0 Å². The van der Waals surface area contributed by atoms with E-state index in [2.05, 4.69) is 33.4 Å². The van der Waals surface area contributed by atoms with Crippen LogP contribution in [-0.2, 0) is 11.3 Å². The van der Waals surface area contributed by atoms with Crippen LogP contribution in [0.2, 0.25) is 0 Å². The third kappa shape index (κ3) is 3.00. The Kier molecular flexibility index (Phi) is 4.18. The Hall–Kier alpha value is -2.24. The fourth-order valence-electron chi connectivity index (χ4n) is 2.67. The van der Waals surface area contributed by atoms with E-state index in [9.17, 15) is 4.79 Å². The van der Waals surface area contributed by atoms with E-state index >= 15 is 0 Å². The molecule has 0 atom stereocenters. The molecule has 1 aliphatic heterocycles. The lowest BCUT2D eigenvalue weighted by Gasteiger charge is -2.16. The number of carbonyl (C=O) groups is 1. The smallest absolute Gasteiger partial charge is 0.222 e. The summed E-state index contributed by atoms with van der Waals surface area (Å²) in [6.07, 6.45) is 7.14. The van der Waals surface area contributed by atoms with Crippen LogP contribution in [0.3, 0.4) is 0 Å². The van der Waals surface area contributed by atoms with Crippen LogP contribution in [0.1, 0.15) is 38.4 Å². The third-order valence-corrected chi connectivity index (χ3v) is 3.92. The van der Waals surface area contributed by atoms with Crippen LogP contribution in [-0.4, -0.2) is 43.4 Å². The molecule has 0 N–H and O–H groups in total. The molecule has 1 fully saturated rings. The molecule has 2 aromatic heterocycles. The van der Waals surface area contributed by atoms with E-state index < -0.39 is 0 Å². The van der Waals surface area contributed by atoms with Gasteiger partial charge >= 0.3 is 0 Å². The second-order valence-electron chi connectivity index (χ2n) is 5.88. The number of carbonyl (C=O) groups excluding carboxylic acids is 1. The SMILES string of the molecule is CC(C)c1nccc(-c2nccn2CCN2CCCC2=O)n1. The number of hydrogen-bond donors (Lipinski definition) is 0. The fourth-order valence-corrected chi connectivity index (χ4v) is 2.67. The van der Waals surface area contributed by atoms with Gasteiger partial charge in [0.15, 0.2) is 5.82 Å². The molecule has 3 heterocycles. The Morgan fingerprint density at radius 1 is 1.23 bits per heavy atom. The van der Waals surface area contributed by atoms with Crippen LogP contribution in [0.15, 0.2) is 24.7 Å². The second kappa shape index (κ2) is 6.25. The Morgan fingerprint density at radius 3 is 2.82 bits per heavy atom. The summed E-state index contributed by atoms with van der Waals surface area (Å²) in [4.78, 5) is 26.9. The zero-order chi connectivity index (χ0) is 15.5. The van der Waals surface area contributed by atoms with Gasteiger partial charge in [-0.25, -0.2) is 15.0 Å². The minimum absolute atomic E-state index is 0.255. The summed E-state index contributed by atoms with van der Waals surface area (Å²) >= 11 is 0. The largest absolute Gasteiger partial charge is 0.341 e. The summed E-state index contributed by atoms with van der Waals surface area (Å²) in [6.45, 7) is 6.48. The molecule has 6 heteroatoms. The topological polar surface area (TPSA) is 63.9 Å². The zero-order valence-electron chi connectivity index (χ0n) is 13.1. The maximum absolute atomic E-state index is 11.7. The van der Waals surface area contributed by atoms with Gasteiger partial charge in [0.05, 0.1) is 0 Å². The highest BCUT2D eigenvalue weighted by molar-refractivity contribution is 5.78. The van der Waals surface area contributed by atoms with Crippen molar-refractivity contribution in [2.24, 2.45) is 0 Å². The van der Waals surface area contributed by atoms with E-state index in [-0.39, 0.29) is 11.8 Å². The van der Waals surface area contributed by atoms with Gasteiger partial charge in [-0.05, 0) is 12.5 Å². The van der Waals surface area contributed by atoms with E-state index in [0.717, 1.165) is 43.4 Å². The molecule has 116 valence electrons. The van der Waals surface area contributed by atoms with Gasteiger partial charge in [0, 0.05) is 50.6 Å². The highest BCUT2D eigenvalue weighted by atomic mass is 16.2. The lowest BCUT2D eigenvalue weighted by Crippen LogP contribution is -2.28. The predicted molar refractivity (Wildman–Crippen MR) is 83.2 cm³/mol. The van der Waals surface area contributed by atoms with Gasteiger partial charge in [-0.1, -0.05) is 13.8 Å². The van der Waals surface area contributed by atoms with Crippen molar-refractivity contribution in [1.29, 1.82) is 0 Å². The van der Waals surface area contributed by atoms with Gasteiger partial charge in [-0.3, -0.25) is 4.79 Å². The number of imidazole rings is 1. The van der Waals surface area contributed by atoms with Gasteiger partial charge in [0.25, 0.3) is 0 Å². The molecular formula is C16H21N5O. The highest BCUT2D eigenvalue weighted by Gasteiger charge is 2.20. The summed E-state index contributed by atoms with van der Waals surface area (Å²) in [7, 11) is 0. The van der Waals surface area contributed by atoms with Crippen molar-refractivity contribution in [3.63, 3.8) is 0 Å². The first-order chi connectivity index (χ1) is 10.6. The molecule has 0 unspecified atom stereocenters. The molecule has 22 heavy (non-hydrogen) atoms. The van der Waals surface area contributed by atoms with Crippen molar-refractivity contribution in [2.45, 2.75) is 39.2 Å². The van der Waals surface area contributed by atoms with Gasteiger partial charge in [-0.2, -0.15) is 0 Å². The minimum atomic E-state index is 0.255. The monoisotopic (exact) mass is 299 g/mol. The minimum Gasteiger partial charge on any atom is -0.341 e. The molecular weight excluding hydrogens is 278 g/mol. The fraction of sp³-hybridized carbons (Fsp3) is 0.500. The Bertz CT molecular complexity index is 664. The molecule has 0 saturated carbocycles. The summed E-state index contributed by atoms with van der Waals surface area (Å²) in [5, 5.41) is 0. The van der Waals surface area contributed by atoms with Crippen molar-refractivity contribution in [1.82, 2.24) is 24.4 Å². The van der Waals surface area contributed by atoms with Crippen LogP contribution in [0.5, 0.6) is 0 Å². The Labute approximate surface area is 130 Å². The van der Waals surface area contributed by atoms with Gasteiger partial charge in [0.2, 0.25) is 5.91 Å². The molecule has 1 amide bonds. The quantitative estimate of drug-likeness (QED) is 0.848. The van der Waals surface area contributed by atoms with Gasteiger partial charge in [-0.15, -0.1) is 0 Å². The number of hydrogen-bond acceptors (Lipinski definition) is 4. The molecule has 0 radical (unpaired) electrons. The molecule has 0 aliphatic carbocycles. The highest BCUT2D eigenvalue weighted by Crippen LogP contribution is 2.18. The maximum Gasteiger partial charge on any atom is 0.222 e. The summed E-state index contributed by atoms with van der Waals surface area (Å²) < 4.78 is 2.05. The average Bonchev–Trinajstić information content (AvgIpc) is 3.14. The molecule has 0 spiro atoms. The maximum atomic E-state index is 11.7. The lowest BCUT2D eigenvalue weighted by atomic mass is 10.2. The number of amides is 1. The summed E-state index contributed by atoms with van der Waals surface area (Å²) in [6, 6.07) is 1.88. The number of likely N-dealkylation sites (tertiary alicyclic amines) is 1. The van der Waals surface area contributed by atoms with E-state index in [1.54, 1.807) is 12.4 Å². The second-order valence-corrected chi connectivity index (χ2v) is 5.88. The first-order valence-corrected chi connectivity index (χ1v) is 7.77. The molecule has 3 rings (SSSR count). The Balaban J connectivity index is 1.77. The third-order valence-electron chi connectivity index (χ3n) is 3.92. The zero-order valence-corrected chi connectivity index (χ0v) is 13.1. The molecule has 6 nitrogen and oxygen atoms in total. The van der Waals surface area contributed by atoms with E-state index in [0.29, 0.717) is 6.42 Å². The summed E-state index contributed by atoms with van der Waals surface area (Å²) in [5.74, 6) is 2.19. The molecule has 1 aliphatic rings. The standard InChI is InChI=1S/C16H21N5O/c1-12(2)15-17-6-5-13(19-15)16-18-7-9-21(16)11-10-20-8-3-4-14(20)22/h5-7,9,12H,3-4,8,10-11H2,1-2H3. The van der Waals surface area contributed by atoms with Crippen molar-refractivity contribution in [3.05, 3.63) is 30.5 Å². The normalized spacial score (nSPS) is 15.0. The molecule has 0 aromatic carbocycles. The van der Waals surface area contributed by atoms with Crippen LogP contribution < -0.4 is 0 Å². The first kappa shape index (κ1) is 14.7. The first-order valence-electron chi connectivity index (χ1n) is 7.77. The molecule has 1 saturated heterocycles. The lowest BCUT2D eigenvalue weighted by molar-refractivity contribution is -0.127. The summed E-state index contributed by atoms with van der Waals surface area (Å²) in [5.41, 5.74) is 0.830. The number of nitrogens with zero attached hydrogens (tertiary/aromatic N) is 5. The van der Waals surface area contributed by atoms with Crippen LogP contribution in [0.4, 0.5) is 0 Å². The van der Waals surface area contributed by atoms with Crippen molar-refractivity contribution >= 4 is 5.91 Å². The predicted octanol–water partition coefficient (Wildman–Crippen LogP) is 2.09. The van der Waals surface area contributed by atoms with Crippen molar-refractivity contribution in [3.8, 4) is 11.5 Å². The van der Waals surface area contributed by atoms with Crippen molar-refractivity contribution < 1.29 is 4.79 Å². The van der Waals surface area contributed by atoms with E-state index in [1.807, 2.05) is 17.2 Å². The van der Waals surface area contributed by atoms with E-state index in [1.165, 1.54) is 0 Å². The van der Waals surface area contributed by atoms with Crippen molar-refractivity contribution in [2.75, 3.05) is 13.1 Å². The Morgan fingerprint density at radius 2 is 2.09 bits per heavy atom. The van der Waals surface area contributed by atoms with Crippen LogP contribution >= 0.6 is 0 Å². The molecule has 0 bridgehead atoms. The van der Waals surface area contributed by atoms with Crippen LogP contribution in [0, 0.1) is 0 Å². The van der Waals surface area contributed by atoms with Crippen LogP contribution in [0.25, 0.3) is 11.5 Å². The van der Waals surface area contributed by atoms with Gasteiger partial charge in [0.1, 0.15) is 11.5 Å². The number of rotatable bonds is 5. The average molecular weight is 299 g/mol.